The number of non-ortho nitro benzene ring substituents is 1. The zero-order chi connectivity index (χ0) is 21.1. The molecule has 0 saturated carbocycles. The lowest BCUT2D eigenvalue weighted by Crippen LogP contribution is -2.35. The first-order chi connectivity index (χ1) is 14.5. The largest absolute Gasteiger partial charge is 0.344 e. The van der Waals surface area contributed by atoms with Crippen molar-refractivity contribution in [1.29, 1.82) is 0 Å². The number of rotatable bonds is 4. The number of hydrogen-bond donors (Lipinski definition) is 1. The number of carbonyl (C=O) groups is 1. The molecule has 1 N–H and O–H groups in total. The lowest BCUT2D eigenvalue weighted by atomic mass is 10.1. The molecule has 1 fully saturated rings. The van der Waals surface area contributed by atoms with E-state index < -0.39 is 17.3 Å². The van der Waals surface area contributed by atoms with Gasteiger partial charge in [0.25, 0.3) is 5.69 Å². The van der Waals surface area contributed by atoms with Gasteiger partial charge in [0, 0.05) is 28.4 Å². The molecule has 0 unspecified atom stereocenters. The summed E-state index contributed by atoms with van der Waals surface area (Å²) in [6.07, 6.45) is -1.01. The van der Waals surface area contributed by atoms with E-state index in [0.717, 1.165) is 11.1 Å². The molecule has 3 aromatic rings. The van der Waals surface area contributed by atoms with Crippen LogP contribution in [0.15, 0.2) is 78.9 Å². The first-order valence-electron chi connectivity index (χ1n) is 9.29. The van der Waals surface area contributed by atoms with Gasteiger partial charge in [-0.15, -0.1) is 0 Å². The third kappa shape index (κ3) is 4.27. The molecule has 0 aliphatic carbocycles. The Morgan fingerprint density at radius 3 is 2.43 bits per heavy atom. The molecule has 1 saturated heterocycles. The molecule has 2 atom stereocenters. The van der Waals surface area contributed by atoms with E-state index in [9.17, 15) is 14.9 Å². The quantitative estimate of drug-likeness (QED) is 0.440. The summed E-state index contributed by atoms with van der Waals surface area (Å²) < 4.78 is 6.20. The minimum absolute atomic E-state index is 0.00640. The van der Waals surface area contributed by atoms with Crippen LogP contribution in [0.25, 0.3) is 0 Å². The van der Waals surface area contributed by atoms with Crippen LogP contribution in [-0.4, -0.2) is 22.4 Å². The van der Waals surface area contributed by atoms with Gasteiger partial charge in [-0.1, -0.05) is 48.0 Å². The Kier molecular flexibility index (Phi) is 5.65. The minimum Gasteiger partial charge on any atom is -0.344 e. The molecule has 0 radical (unpaired) electrons. The van der Waals surface area contributed by atoms with Crippen molar-refractivity contribution in [3.63, 3.8) is 0 Å². The molecule has 1 aliphatic rings. The van der Waals surface area contributed by atoms with Crippen molar-refractivity contribution < 1.29 is 14.5 Å². The monoisotopic (exact) mass is 423 g/mol. The highest BCUT2D eigenvalue weighted by atomic mass is 35.5. The lowest BCUT2D eigenvalue weighted by molar-refractivity contribution is -0.384. The number of nitro benzene ring substituents is 1. The second-order valence-electron chi connectivity index (χ2n) is 6.83. The highest BCUT2D eigenvalue weighted by Crippen LogP contribution is 2.38. The highest BCUT2D eigenvalue weighted by molar-refractivity contribution is 6.30. The number of nitrogens with one attached hydrogen (secondary N) is 1. The topological polar surface area (TPSA) is 84.7 Å². The maximum absolute atomic E-state index is 13.0. The molecule has 0 bridgehead atoms. The summed E-state index contributed by atoms with van der Waals surface area (Å²) in [6, 6.07) is 22.2. The summed E-state index contributed by atoms with van der Waals surface area (Å²) in [5.41, 5.74) is 2.19. The number of benzene rings is 3. The number of nitrogens with zero attached hydrogens (tertiary/aromatic N) is 2. The summed E-state index contributed by atoms with van der Waals surface area (Å²) in [7, 11) is 0. The number of anilines is 1. The number of urea groups is 1. The molecule has 152 valence electrons. The predicted octanol–water partition coefficient (Wildman–Crippen LogP) is 5.55. The predicted molar refractivity (Wildman–Crippen MR) is 113 cm³/mol. The van der Waals surface area contributed by atoms with E-state index in [1.807, 2.05) is 30.3 Å². The Balaban J connectivity index is 1.59. The summed E-state index contributed by atoms with van der Waals surface area (Å²) >= 11 is 6.01. The van der Waals surface area contributed by atoms with Crippen molar-refractivity contribution in [3.8, 4) is 0 Å². The molecule has 1 aliphatic heterocycles. The van der Waals surface area contributed by atoms with E-state index >= 15 is 0 Å². The smallest absolute Gasteiger partial charge is 0.324 e. The lowest BCUT2D eigenvalue weighted by Gasteiger charge is -2.23. The second-order valence-corrected chi connectivity index (χ2v) is 7.27. The molecule has 7 nitrogen and oxygen atoms in total. The average Bonchev–Trinajstić information content (AvgIpc) is 3.20. The van der Waals surface area contributed by atoms with Gasteiger partial charge in [-0.25, -0.2) is 4.79 Å². The van der Waals surface area contributed by atoms with Gasteiger partial charge in [-0.05, 0) is 35.9 Å². The first kappa shape index (κ1) is 19.9. The molecular formula is C22H18ClN3O4. The third-order valence-electron chi connectivity index (χ3n) is 4.84. The van der Waals surface area contributed by atoms with Crippen molar-refractivity contribution in [3.05, 3.63) is 105 Å². The SMILES string of the molecule is O=C(Nc1cccc(Cl)c1)N1C[C@@H](c2ccc([N+](=O)[O-])cc2)O[C@@H]1c1ccccc1. The average molecular weight is 424 g/mol. The summed E-state index contributed by atoms with van der Waals surface area (Å²) in [5.74, 6) is 0. The van der Waals surface area contributed by atoms with Gasteiger partial charge in [0.1, 0.15) is 6.10 Å². The van der Waals surface area contributed by atoms with Gasteiger partial charge in [0.05, 0.1) is 11.5 Å². The molecule has 2 amide bonds. The fraction of sp³-hybridized carbons (Fsp3) is 0.136. The Bertz CT molecular complexity index is 1060. The first-order valence-corrected chi connectivity index (χ1v) is 9.67. The second kappa shape index (κ2) is 8.52. The molecule has 4 rings (SSSR count). The number of nitro groups is 1. The Labute approximate surface area is 178 Å². The van der Waals surface area contributed by atoms with Gasteiger partial charge in [0.2, 0.25) is 0 Å². The zero-order valence-corrected chi connectivity index (χ0v) is 16.5. The van der Waals surface area contributed by atoms with Crippen LogP contribution in [0.3, 0.4) is 0 Å². The standard InChI is InChI=1S/C22H18ClN3O4/c23-17-7-4-8-18(13-17)24-22(27)25-14-20(15-9-11-19(12-10-15)26(28)29)30-21(25)16-5-2-1-3-6-16/h1-13,20-21H,14H2,(H,24,27)/t20-,21+/m0/s1. The maximum atomic E-state index is 13.0. The van der Waals surface area contributed by atoms with Crippen LogP contribution in [0.1, 0.15) is 23.5 Å². The molecule has 0 spiro atoms. The van der Waals surface area contributed by atoms with Gasteiger partial charge < -0.3 is 10.1 Å². The molecule has 1 heterocycles. The zero-order valence-electron chi connectivity index (χ0n) is 15.8. The van der Waals surface area contributed by atoms with Crippen molar-refractivity contribution in [2.24, 2.45) is 0 Å². The number of carbonyl (C=O) groups excluding carboxylic acids is 1. The van der Waals surface area contributed by atoms with E-state index in [0.29, 0.717) is 17.3 Å². The Morgan fingerprint density at radius 1 is 1.03 bits per heavy atom. The Morgan fingerprint density at radius 2 is 1.77 bits per heavy atom. The van der Waals surface area contributed by atoms with Crippen LogP contribution in [0.2, 0.25) is 5.02 Å². The van der Waals surface area contributed by atoms with Crippen LogP contribution in [0.5, 0.6) is 0 Å². The molecule has 3 aromatic carbocycles. The van der Waals surface area contributed by atoms with Crippen LogP contribution in [0.4, 0.5) is 16.2 Å². The number of amides is 2. The van der Waals surface area contributed by atoms with E-state index in [2.05, 4.69) is 5.32 Å². The van der Waals surface area contributed by atoms with E-state index in [4.69, 9.17) is 16.3 Å². The fourth-order valence-electron chi connectivity index (χ4n) is 3.37. The highest BCUT2D eigenvalue weighted by Gasteiger charge is 2.38. The van der Waals surface area contributed by atoms with Crippen molar-refractivity contribution >= 4 is 29.0 Å². The summed E-state index contributed by atoms with van der Waals surface area (Å²) in [5, 5.41) is 14.3. The van der Waals surface area contributed by atoms with Crippen LogP contribution in [-0.2, 0) is 4.74 Å². The molecule has 30 heavy (non-hydrogen) atoms. The van der Waals surface area contributed by atoms with Gasteiger partial charge in [-0.2, -0.15) is 0 Å². The number of ether oxygens (including phenoxy) is 1. The number of halogens is 1. The minimum atomic E-state index is -0.592. The molecule has 0 aromatic heterocycles. The third-order valence-corrected chi connectivity index (χ3v) is 5.07. The maximum Gasteiger partial charge on any atom is 0.324 e. The molecular weight excluding hydrogens is 406 g/mol. The van der Waals surface area contributed by atoms with Gasteiger partial charge in [0.15, 0.2) is 6.23 Å². The van der Waals surface area contributed by atoms with Crippen molar-refractivity contribution in [1.82, 2.24) is 4.90 Å². The van der Waals surface area contributed by atoms with Crippen LogP contribution < -0.4 is 5.32 Å². The van der Waals surface area contributed by atoms with Gasteiger partial charge in [-0.3, -0.25) is 15.0 Å². The van der Waals surface area contributed by atoms with Crippen LogP contribution >= 0.6 is 11.6 Å². The van der Waals surface area contributed by atoms with E-state index in [1.165, 1.54) is 12.1 Å². The van der Waals surface area contributed by atoms with Crippen LogP contribution in [0, 0.1) is 10.1 Å². The summed E-state index contributed by atoms with van der Waals surface area (Å²) in [6.45, 7) is 0.295. The Hall–Kier alpha value is -3.42. The van der Waals surface area contributed by atoms with E-state index in [-0.39, 0.29) is 11.7 Å². The normalized spacial score (nSPS) is 18.2. The molecule has 8 heteroatoms. The van der Waals surface area contributed by atoms with E-state index in [1.54, 1.807) is 41.3 Å². The number of hydrogen-bond acceptors (Lipinski definition) is 4. The summed E-state index contributed by atoms with van der Waals surface area (Å²) in [4.78, 5) is 25.1. The van der Waals surface area contributed by atoms with Gasteiger partial charge >= 0.3 is 6.03 Å². The van der Waals surface area contributed by atoms with Crippen molar-refractivity contribution in [2.75, 3.05) is 11.9 Å². The van der Waals surface area contributed by atoms with Crippen molar-refractivity contribution in [2.45, 2.75) is 12.3 Å². The fourth-order valence-corrected chi connectivity index (χ4v) is 3.56.